The van der Waals surface area contributed by atoms with E-state index < -0.39 is 0 Å². The molecule has 0 aliphatic rings. The standard InChI is InChI=1S/C12H17N5/c1-9-7-16-11(8-15-9)10(13)3-4-12-14-5-6-17(12)2/h5-8,10H,3-4,13H2,1-2H3. The van der Waals surface area contributed by atoms with Gasteiger partial charge in [-0.25, -0.2) is 4.98 Å². The molecule has 0 radical (unpaired) electrons. The van der Waals surface area contributed by atoms with E-state index in [0.29, 0.717) is 0 Å². The van der Waals surface area contributed by atoms with Crippen molar-refractivity contribution >= 4 is 0 Å². The third-order valence-corrected chi connectivity index (χ3v) is 2.78. The van der Waals surface area contributed by atoms with Crippen LogP contribution < -0.4 is 5.73 Å². The zero-order valence-electron chi connectivity index (χ0n) is 10.2. The molecule has 1 unspecified atom stereocenters. The van der Waals surface area contributed by atoms with Crippen LogP contribution in [0.5, 0.6) is 0 Å². The molecule has 0 spiro atoms. The van der Waals surface area contributed by atoms with Crippen LogP contribution in [0.1, 0.15) is 29.7 Å². The Balaban J connectivity index is 1.95. The van der Waals surface area contributed by atoms with Crippen molar-refractivity contribution in [2.75, 3.05) is 0 Å². The van der Waals surface area contributed by atoms with Crippen molar-refractivity contribution in [1.29, 1.82) is 0 Å². The Morgan fingerprint density at radius 1 is 1.29 bits per heavy atom. The molecule has 17 heavy (non-hydrogen) atoms. The summed E-state index contributed by atoms with van der Waals surface area (Å²) < 4.78 is 2.01. The lowest BCUT2D eigenvalue weighted by Crippen LogP contribution is -2.14. The number of hydrogen-bond acceptors (Lipinski definition) is 4. The molecule has 0 aromatic carbocycles. The molecule has 0 fully saturated rings. The molecule has 5 nitrogen and oxygen atoms in total. The lowest BCUT2D eigenvalue weighted by atomic mass is 10.1. The molecule has 0 aliphatic heterocycles. The smallest absolute Gasteiger partial charge is 0.108 e. The van der Waals surface area contributed by atoms with Gasteiger partial charge in [0.2, 0.25) is 0 Å². The van der Waals surface area contributed by atoms with E-state index in [4.69, 9.17) is 5.73 Å². The average molecular weight is 231 g/mol. The number of aromatic nitrogens is 4. The minimum absolute atomic E-state index is 0.0835. The van der Waals surface area contributed by atoms with Crippen LogP contribution in [0.3, 0.4) is 0 Å². The highest BCUT2D eigenvalue weighted by molar-refractivity contribution is 5.05. The van der Waals surface area contributed by atoms with Gasteiger partial charge in [-0.2, -0.15) is 0 Å². The second-order valence-corrected chi connectivity index (χ2v) is 4.18. The Kier molecular flexibility index (Phi) is 3.49. The second kappa shape index (κ2) is 5.05. The first-order valence-electron chi connectivity index (χ1n) is 5.67. The molecule has 0 saturated carbocycles. The summed E-state index contributed by atoms with van der Waals surface area (Å²) in [7, 11) is 1.99. The van der Waals surface area contributed by atoms with Crippen LogP contribution in [0.4, 0.5) is 0 Å². The Labute approximate surface area is 101 Å². The lowest BCUT2D eigenvalue weighted by molar-refractivity contribution is 0.604. The van der Waals surface area contributed by atoms with Crippen molar-refractivity contribution in [2.24, 2.45) is 12.8 Å². The second-order valence-electron chi connectivity index (χ2n) is 4.18. The summed E-state index contributed by atoms with van der Waals surface area (Å²) in [6, 6.07) is -0.0835. The van der Waals surface area contributed by atoms with E-state index in [0.717, 1.165) is 30.1 Å². The highest BCUT2D eigenvalue weighted by Gasteiger charge is 2.09. The Morgan fingerprint density at radius 2 is 2.12 bits per heavy atom. The van der Waals surface area contributed by atoms with Gasteiger partial charge in [-0.3, -0.25) is 9.97 Å². The van der Waals surface area contributed by atoms with E-state index in [9.17, 15) is 0 Å². The molecule has 5 heteroatoms. The van der Waals surface area contributed by atoms with Gasteiger partial charge in [0.05, 0.1) is 17.6 Å². The van der Waals surface area contributed by atoms with Gasteiger partial charge in [0.25, 0.3) is 0 Å². The Bertz CT molecular complexity index is 474. The van der Waals surface area contributed by atoms with Gasteiger partial charge in [-0.1, -0.05) is 0 Å². The van der Waals surface area contributed by atoms with E-state index in [1.54, 1.807) is 18.6 Å². The maximum absolute atomic E-state index is 6.07. The highest BCUT2D eigenvalue weighted by Crippen LogP contribution is 2.13. The van der Waals surface area contributed by atoms with Gasteiger partial charge < -0.3 is 10.3 Å². The quantitative estimate of drug-likeness (QED) is 0.857. The molecule has 2 N–H and O–H groups in total. The zero-order valence-corrected chi connectivity index (χ0v) is 10.2. The summed E-state index contributed by atoms with van der Waals surface area (Å²) in [6.07, 6.45) is 8.90. The normalized spacial score (nSPS) is 12.6. The predicted octanol–water partition coefficient (Wildman–Crippen LogP) is 1.15. The first kappa shape index (κ1) is 11.7. The van der Waals surface area contributed by atoms with E-state index >= 15 is 0 Å². The molecule has 90 valence electrons. The van der Waals surface area contributed by atoms with Crippen LogP contribution in [-0.2, 0) is 13.5 Å². The van der Waals surface area contributed by atoms with Crippen LogP contribution in [0.15, 0.2) is 24.8 Å². The topological polar surface area (TPSA) is 69.6 Å². The van der Waals surface area contributed by atoms with Crippen LogP contribution in [0.2, 0.25) is 0 Å². The fourth-order valence-electron chi connectivity index (χ4n) is 1.66. The SMILES string of the molecule is Cc1cnc(C(N)CCc2nccn2C)cn1. The van der Waals surface area contributed by atoms with E-state index in [1.165, 1.54) is 0 Å². The predicted molar refractivity (Wildman–Crippen MR) is 65.2 cm³/mol. The summed E-state index contributed by atoms with van der Waals surface area (Å²) in [5.41, 5.74) is 7.82. The largest absolute Gasteiger partial charge is 0.338 e. The summed E-state index contributed by atoms with van der Waals surface area (Å²) in [4.78, 5) is 12.8. The van der Waals surface area contributed by atoms with Crippen molar-refractivity contribution in [3.63, 3.8) is 0 Å². The molecular weight excluding hydrogens is 214 g/mol. The zero-order chi connectivity index (χ0) is 12.3. The minimum Gasteiger partial charge on any atom is -0.338 e. The van der Waals surface area contributed by atoms with Gasteiger partial charge in [0, 0.05) is 38.1 Å². The summed E-state index contributed by atoms with van der Waals surface area (Å²) >= 11 is 0. The molecular formula is C12H17N5. The van der Waals surface area contributed by atoms with Crippen LogP contribution in [-0.4, -0.2) is 19.5 Å². The monoisotopic (exact) mass is 231 g/mol. The van der Waals surface area contributed by atoms with Gasteiger partial charge >= 0.3 is 0 Å². The number of nitrogens with two attached hydrogens (primary N) is 1. The molecule has 2 aromatic rings. The third kappa shape index (κ3) is 2.88. The van der Waals surface area contributed by atoms with E-state index in [-0.39, 0.29) is 6.04 Å². The molecule has 2 aromatic heterocycles. The lowest BCUT2D eigenvalue weighted by Gasteiger charge is -2.10. The molecule has 2 rings (SSSR count). The van der Waals surface area contributed by atoms with Crippen molar-refractivity contribution in [1.82, 2.24) is 19.5 Å². The number of imidazole rings is 1. The van der Waals surface area contributed by atoms with Gasteiger partial charge in [-0.15, -0.1) is 0 Å². The molecule has 0 amide bonds. The number of rotatable bonds is 4. The fraction of sp³-hybridized carbons (Fsp3) is 0.417. The molecule has 1 atom stereocenters. The Morgan fingerprint density at radius 3 is 2.71 bits per heavy atom. The summed E-state index contributed by atoms with van der Waals surface area (Å²) in [5, 5.41) is 0. The minimum atomic E-state index is -0.0835. The van der Waals surface area contributed by atoms with Crippen LogP contribution >= 0.6 is 0 Å². The highest BCUT2D eigenvalue weighted by atomic mass is 15.0. The van der Waals surface area contributed by atoms with E-state index in [1.807, 2.05) is 24.7 Å². The van der Waals surface area contributed by atoms with Crippen molar-refractivity contribution in [2.45, 2.75) is 25.8 Å². The van der Waals surface area contributed by atoms with Gasteiger partial charge in [-0.05, 0) is 13.3 Å². The maximum atomic E-state index is 6.07. The first-order valence-corrected chi connectivity index (χ1v) is 5.67. The number of hydrogen-bond donors (Lipinski definition) is 1. The van der Waals surface area contributed by atoms with Crippen molar-refractivity contribution in [3.8, 4) is 0 Å². The average Bonchev–Trinajstić information content (AvgIpc) is 2.73. The summed E-state index contributed by atoms with van der Waals surface area (Å²) in [6.45, 7) is 1.91. The first-order chi connectivity index (χ1) is 8.16. The third-order valence-electron chi connectivity index (χ3n) is 2.78. The number of aryl methyl sites for hydroxylation is 3. The van der Waals surface area contributed by atoms with Crippen molar-refractivity contribution < 1.29 is 0 Å². The molecule has 0 saturated heterocycles. The van der Waals surface area contributed by atoms with Crippen molar-refractivity contribution in [3.05, 3.63) is 42.0 Å². The van der Waals surface area contributed by atoms with Crippen LogP contribution in [0.25, 0.3) is 0 Å². The van der Waals surface area contributed by atoms with Gasteiger partial charge in [0.15, 0.2) is 0 Å². The van der Waals surface area contributed by atoms with Gasteiger partial charge in [0.1, 0.15) is 5.82 Å². The summed E-state index contributed by atoms with van der Waals surface area (Å²) in [5.74, 6) is 1.04. The number of nitrogens with zero attached hydrogens (tertiary/aromatic N) is 4. The van der Waals surface area contributed by atoms with Crippen LogP contribution in [0, 0.1) is 6.92 Å². The maximum Gasteiger partial charge on any atom is 0.108 e. The fourth-order valence-corrected chi connectivity index (χ4v) is 1.66. The molecule has 0 aliphatic carbocycles. The Hall–Kier alpha value is -1.75. The molecule has 0 bridgehead atoms. The van der Waals surface area contributed by atoms with E-state index in [2.05, 4.69) is 15.0 Å². The molecule has 2 heterocycles.